The summed E-state index contributed by atoms with van der Waals surface area (Å²) in [6.45, 7) is 9.74. The molecule has 0 unspecified atom stereocenters. The topological polar surface area (TPSA) is 51.6 Å². The molecule has 4 aromatic carbocycles. The Balaban J connectivity index is 1.01. The van der Waals surface area contributed by atoms with Crippen LogP contribution in [0.15, 0.2) is 72.8 Å². The highest BCUT2D eigenvalue weighted by molar-refractivity contribution is 7.32. The number of fused-ring (bicyclic) bond motifs is 13. The van der Waals surface area contributed by atoms with Gasteiger partial charge < -0.3 is 0 Å². The molecule has 0 fully saturated rings. The van der Waals surface area contributed by atoms with Crippen molar-refractivity contribution in [2.75, 3.05) is 0 Å². The zero-order valence-corrected chi connectivity index (χ0v) is 32.1. The van der Waals surface area contributed by atoms with E-state index in [0.717, 1.165) is 22.1 Å². The number of benzene rings is 4. The first-order valence-electron chi connectivity index (χ1n) is 16.5. The van der Waals surface area contributed by atoms with E-state index in [0.29, 0.717) is 0 Å². The second-order valence-corrected chi connectivity index (χ2v) is 19.8. The van der Waals surface area contributed by atoms with Crippen LogP contribution in [0.5, 0.6) is 0 Å². The average Bonchev–Trinajstić information content (AvgIpc) is 3.95. The maximum absolute atomic E-state index is 4.63. The predicted octanol–water partition coefficient (Wildman–Crippen LogP) is 13.3. The van der Waals surface area contributed by atoms with Crippen LogP contribution in [0.3, 0.4) is 0 Å². The molecule has 50 heavy (non-hydrogen) atoms. The van der Waals surface area contributed by atoms with E-state index in [1.54, 1.807) is 0 Å². The quantitative estimate of drug-likeness (QED) is 0.176. The van der Waals surface area contributed by atoms with Gasteiger partial charge >= 0.3 is 0 Å². The number of hydrogen-bond donors (Lipinski definition) is 0. The first-order chi connectivity index (χ1) is 24.3. The van der Waals surface area contributed by atoms with E-state index in [4.69, 9.17) is 0 Å². The van der Waals surface area contributed by atoms with Gasteiger partial charge in [0.25, 0.3) is 0 Å². The summed E-state index contributed by atoms with van der Waals surface area (Å²) in [6, 6.07) is 27.3. The van der Waals surface area contributed by atoms with E-state index < -0.39 is 0 Å². The van der Waals surface area contributed by atoms with Gasteiger partial charge in [0, 0.05) is 50.9 Å². The van der Waals surface area contributed by atoms with Crippen molar-refractivity contribution in [1.82, 2.24) is 17.5 Å². The fraction of sp³-hybridized carbons (Fsp3) is 0.150. The van der Waals surface area contributed by atoms with Crippen LogP contribution >= 0.6 is 68.8 Å². The number of nitrogens with zero attached hydrogens (tertiary/aromatic N) is 4. The van der Waals surface area contributed by atoms with Crippen LogP contribution in [0.1, 0.15) is 49.9 Å². The molecule has 10 heteroatoms. The second kappa shape index (κ2) is 9.50. The lowest BCUT2D eigenvalue weighted by atomic mass is 9.81. The Morgan fingerprint density at radius 1 is 0.480 bits per heavy atom. The van der Waals surface area contributed by atoms with Crippen LogP contribution < -0.4 is 0 Å². The van der Waals surface area contributed by atoms with E-state index in [1.165, 1.54) is 117 Å². The molecule has 4 nitrogen and oxygen atoms in total. The Morgan fingerprint density at radius 3 is 1.40 bits per heavy atom. The van der Waals surface area contributed by atoms with Crippen molar-refractivity contribution >= 4 is 120 Å². The van der Waals surface area contributed by atoms with Gasteiger partial charge in [-0.3, -0.25) is 0 Å². The summed E-state index contributed by atoms with van der Waals surface area (Å²) < 4.78 is 23.9. The lowest BCUT2D eigenvalue weighted by molar-refractivity contribution is 0.666. The number of aromatic nitrogens is 4. The molecule has 0 atom stereocenters. The summed E-state index contributed by atoms with van der Waals surface area (Å²) in [4.78, 5) is 5.43. The molecule has 6 aromatic heterocycles. The third-order valence-electron chi connectivity index (χ3n) is 11.0. The van der Waals surface area contributed by atoms with E-state index in [9.17, 15) is 0 Å². The van der Waals surface area contributed by atoms with Gasteiger partial charge in [-0.2, -0.15) is 17.5 Å². The minimum absolute atomic E-state index is 0.0816. The largest absolute Gasteiger partial charge is 0.173 e. The number of rotatable bonds is 2. The normalized spacial score (nSPS) is 15.5. The van der Waals surface area contributed by atoms with Gasteiger partial charge in [-0.25, -0.2) is 0 Å². The molecule has 2 aliphatic rings. The van der Waals surface area contributed by atoms with Crippen molar-refractivity contribution in [3.63, 3.8) is 0 Å². The van der Waals surface area contributed by atoms with Gasteiger partial charge in [0.15, 0.2) is 0 Å². The van der Waals surface area contributed by atoms with Crippen LogP contribution in [0.25, 0.3) is 93.4 Å². The predicted molar refractivity (Wildman–Crippen MR) is 218 cm³/mol. The third kappa shape index (κ3) is 3.54. The number of thiophene rings is 4. The number of hydrogen-bond acceptors (Lipinski definition) is 10. The highest BCUT2D eigenvalue weighted by Gasteiger charge is 2.45. The molecular weight excluding hydrogens is 729 g/mol. The molecule has 0 N–H and O–H groups in total. The van der Waals surface area contributed by atoms with Crippen molar-refractivity contribution in [1.29, 1.82) is 0 Å². The van der Waals surface area contributed by atoms with E-state index in [1.807, 2.05) is 45.3 Å². The van der Waals surface area contributed by atoms with E-state index in [-0.39, 0.29) is 10.8 Å². The van der Waals surface area contributed by atoms with Crippen LogP contribution in [0, 0.1) is 0 Å². The van der Waals surface area contributed by atoms with Crippen molar-refractivity contribution in [2.45, 2.75) is 38.5 Å². The summed E-state index contributed by atoms with van der Waals surface area (Å²) in [5.74, 6) is 0. The van der Waals surface area contributed by atoms with Gasteiger partial charge in [0.05, 0.1) is 32.9 Å². The fourth-order valence-corrected chi connectivity index (χ4v) is 15.5. The third-order valence-corrected chi connectivity index (χ3v) is 17.0. The highest BCUT2D eigenvalue weighted by Crippen LogP contribution is 2.64. The molecule has 6 heterocycles. The molecule has 240 valence electrons. The molecule has 2 aliphatic carbocycles. The van der Waals surface area contributed by atoms with Crippen LogP contribution in [0.4, 0.5) is 0 Å². The summed E-state index contributed by atoms with van der Waals surface area (Å²) in [7, 11) is 0. The molecule has 0 saturated heterocycles. The summed E-state index contributed by atoms with van der Waals surface area (Å²) >= 11 is 10.4. The lowest BCUT2D eigenvalue weighted by Gasteiger charge is -2.22. The Bertz CT molecular complexity index is 2910. The smallest absolute Gasteiger partial charge is 0.113 e. The molecular formula is C40H24N4S6. The Morgan fingerprint density at radius 2 is 0.940 bits per heavy atom. The molecule has 0 saturated carbocycles. The molecule has 0 amide bonds. The summed E-state index contributed by atoms with van der Waals surface area (Å²) in [5, 5.41) is 2.63. The zero-order chi connectivity index (χ0) is 33.3. The molecule has 0 radical (unpaired) electrons. The van der Waals surface area contributed by atoms with Gasteiger partial charge in [-0.05, 0) is 92.7 Å². The minimum atomic E-state index is -0.0816. The first-order valence-corrected chi connectivity index (χ1v) is 21.2. The monoisotopic (exact) mass is 752 g/mol. The summed E-state index contributed by atoms with van der Waals surface area (Å²) in [6.07, 6.45) is 0. The van der Waals surface area contributed by atoms with Gasteiger partial charge in [-0.1, -0.05) is 52.0 Å². The Hall–Kier alpha value is -3.90. The maximum atomic E-state index is 4.63. The second-order valence-electron chi connectivity index (χ2n) is 14.5. The van der Waals surface area contributed by atoms with E-state index >= 15 is 0 Å². The Labute approximate surface area is 311 Å². The van der Waals surface area contributed by atoms with Crippen molar-refractivity contribution in [2.24, 2.45) is 0 Å². The molecule has 0 aliphatic heterocycles. The SMILES string of the molecule is CC1(C)c2cc3cc(-c4cccc5nsnc45)sc3cc2-c2sc3c4c(sc3c21)-c1cc2sc(-c3cccc5nsnc35)cc2cc1C4(C)C. The maximum Gasteiger partial charge on any atom is 0.113 e. The molecule has 0 bridgehead atoms. The average molecular weight is 753 g/mol. The van der Waals surface area contributed by atoms with Gasteiger partial charge in [-0.15, -0.1) is 45.3 Å². The Kier molecular flexibility index (Phi) is 5.46. The van der Waals surface area contributed by atoms with Crippen molar-refractivity contribution in [3.8, 4) is 41.8 Å². The lowest BCUT2D eigenvalue weighted by Crippen LogP contribution is -2.15. The van der Waals surface area contributed by atoms with Crippen LogP contribution in [0.2, 0.25) is 0 Å². The fourth-order valence-electron chi connectivity index (χ4n) is 8.58. The molecule has 0 spiro atoms. The first kappa shape index (κ1) is 28.8. The summed E-state index contributed by atoms with van der Waals surface area (Å²) in [5.41, 5.74) is 14.9. The molecule has 10 aromatic rings. The zero-order valence-electron chi connectivity index (χ0n) is 27.2. The standard InChI is InChI=1S/C40H24N4S6/c1-39(2)23-11-17-13-29(19-7-5-9-25-33(19)43-49-41-25)45-27(17)15-21(23)35-31(39)37-38(47-35)32-36(48-37)22-16-28-18(12-24(22)40(32,3)4)14-30(46-28)20-8-6-10-26-34(20)44-50-42-26/h5-16H,1-4H3. The molecule has 12 rings (SSSR count). The van der Waals surface area contributed by atoms with Gasteiger partial charge in [0.2, 0.25) is 0 Å². The highest BCUT2D eigenvalue weighted by atomic mass is 32.1. The van der Waals surface area contributed by atoms with Crippen LogP contribution in [-0.2, 0) is 10.8 Å². The van der Waals surface area contributed by atoms with Crippen molar-refractivity contribution in [3.05, 3.63) is 95.1 Å². The van der Waals surface area contributed by atoms with Crippen molar-refractivity contribution < 1.29 is 0 Å². The van der Waals surface area contributed by atoms with Gasteiger partial charge in [0.1, 0.15) is 22.1 Å². The minimum Gasteiger partial charge on any atom is -0.173 e. The van der Waals surface area contributed by atoms with Crippen LogP contribution in [-0.4, -0.2) is 17.5 Å². The van der Waals surface area contributed by atoms with E-state index in [2.05, 4.69) is 118 Å².